The van der Waals surface area contributed by atoms with Gasteiger partial charge in [0, 0.05) is 0 Å². The zero-order valence-corrected chi connectivity index (χ0v) is 62.7. The largest absolute Gasteiger partial charge is 1.00 e. The molecule has 0 amide bonds. The third-order valence-corrected chi connectivity index (χ3v) is 21.5. The molecule has 0 saturated carbocycles. The van der Waals surface area contributed by atoms with Crippen LogP contribution in [-0.2, 0) is 50.6 Å². The van der Waals surface area contributed by atoms with Gasteiger partial charge < -0.3 is 32.6 Å². The fraction of sp³-hybridized carbons (Fsp3) is 0.0127. The predicted molar refractivity (Wildman–Crippen MR) is 383 cm³/mol. The molecule has 17 nitrogen and oxygen atoms in total. The molecule has 0 unspecified atom stereocenters. The molecule has 0 aliphatic heterocycles. The van der Waals surface area contributed by atoms with Crippen molar-refractivity contribution in [2.24, 2.45) is 0 Å². The van der Waals surface area contributed by atoms with Crippen LogP contribution in [0.15, 0.2) is 310 Å². The van der Waals surface area contributed by atoms with Crippen molar-refractivity contribution in [3.05, 3.63) is 285 Å². The van der Waals surface area contributed by atoms with Gasteiger partial charge in [-0.1, -0.05) is 242 Å². The van der Waals surface area contributed by atoms with Crippen LogP contribution in [0.25, 0.3) is 131 Å². The summed E-state index contributed by atoms with van der Waals surface area (Å²) in [6.07, 6.45) is 0. The second kappa shape index (κ2) is 35.1. The molecule has 28 heteroatoms. The van der Waals surface area contributed by atoms with E-state index in [0.29, 0.717) is 49.9 Å². The maximum absolute atomic E-state index is 13.4. The third kappa shape index (κ3) is 17.8. The van der Waals surface area contributed by atoms with Gasteiger partial charge in [-0.3, -0.25) is 0 Å². The first-order valence-corrected chi connectivity index (χ1v) is 37.7. The molecule has 0 N–H and O–H groups in total. The van der Waals surface area contributed by atoms with Crippen molar-refractivity contribution in [2.75, 3.05) is 7.11 Å². The molecule has 107 heavy (non-hydrogen) atoms. The Bertz CT molecular complexity index is 6180. The van der Waals surface area contributed by atoms with Crippen molar-refractivity contribution in [1.29, 1.82) is 0 Å². The Morgan fingerprint density at radius 1 is 0.234 bits per heavy atom. The van der Waals surface area contributed by atoms with Gasteiger partial charge in [0.2, 0.25) is 0 Å². The molecule has 0 atom stereocenters. The number of benzene rings is 15. The van der Waals surface area contributed by atoms with E-state index >= 15 is 0 Å². The average Bonchev–Trinajstić information content (AvgIpc) is 0.738. The summed E-state index contributed by atoms with van der Waals surface area (Å²) < 4.78 is 183. The van der Waals surface area contributed by atoms with Crippen molar-refractivity contribution in [2.45, 2.75) is 24.5 Å². The van der Waals surface area contributed by atoms with Gasteiger partial charge in [-0.15, -0.1) is 0 Å². The zero-order valence-electron chi connectivity index (χ0n) is 58.6. The number of methoxy groups -OCH3 is 1. The molecule has 0 radical (unpaired) electrons. The molecule has 15 aromatic carbocycles. The van der Waals surface area contributed by atoms with Crippen molar-refractivity contribution in [1.82, 2.24) is 0 Å². The smallest absolute Gasteiger partial charge is 0.871 e. The van der Waals surface area contributed by atoms with Crippen LogP contribution in [0, 0.1) is 0 Å². The summed E-state index contributed by atoms with van der Waals surface area (Å²) in [5.41, 5.74) is 8.12. The minimum atomic E-state index is -5.05. The molecule has 0 bridgehead atoms. The van der Waals surface area contributed by atoms with Crippen molar-refractivity contribution >= 4 is 115 Å². The number of rotatable bonds is 12. The second-order valence-electron chi connectivity index (χ2n) is 23.2. The molecule has 0 aromatic heterocycles. The predicted octanol–water partition coefficient (Wildman–Crippen LogP) is -2.39. The second-order valence-corrected chi connectivity index (χ2v) is 30.1. The molecule has 0 aliphatic carbocycles. The minimum absolute atomic E-state index is 0. The van der Waals surface area contributed by atoms with Crippen molar-refractivity contribution < 1.29 is 188 Å². The van der Waals surface area contributed by atoms with E-state index in [9.17, 15) is 70.0 Å². The van der Waals surface area contributed by atoms with E-state index in [0.717, 1.165) is 88.6 Å². The van der Waals surface area contributed by atoms with Crippen LogP contribution in [0.3, 0.4) is 0 Å². The molecule has 15 rings (SSSR count). The van der Waals surface area contributed by atoms with Crippen molar-refractivity contribution in [3.8, 4) is 78.3 Å². The van der Waals surface area contributed by atoms with Crippen LogP contribution in [0.4, 0.5) is 0 Å². The third-order valence-electron chi connectivity index (χ3n) is 17.3. The summed E-state index contributed by atoms with van der Waals surface area (Å²) in [5, 5.41) is 22.2. The molecule has 0 heterocycles. The van der Waals surface area contributed by atoms with E-state index in [1.54, 1.807) is 12.1 Å². The topological polar surface area (TPSA) is 318 Å². The first-order chi connectivity index (χ1) is 48.2. The molecule has 0 spiro atoms. The maximum atomic E-state index is 13.4. The van der Waals surface area contributed by atoms with Crippen LogP contribution < -0.4 is 123 Å². The zero-order chi connectivity index (χ0) is 71.3. The standard InChI is InChI=1S/C27H20O5S.2C26H18O6S2.6Li/c1-32-23-16-15-22(26(28)27(23)33(29,30)31)25-20-13-7-5-11-18(20)24(17-9-3-2-4-10-17)19-12-6-8-14-21(19)25;27-33(28,29)19-12-14-22-23(15-19)25(17-7-3-1-4-8-17)21-13-11-20(34(30,31)32)16-24(21)26(22)18-9-5-2-6-10-18;27-33(28,29)19-14-18(15-20(16-19)34(30,31)32)26-23-12-6-4-10-21(23)25(17-8-2-1-3-9-17)22-11-5-7-13-24(22)26;;;;;;/h2-16,28H,1H3,(H,29,30,31);2*1-16H,(H,27,28,29)(H,30,31,32);;;;;;/q;;;6*+1/p-6. The Kier molecular flexibility index (Phi) is 28.5. The van der Waals surface area contributed by atoms with Gasteiger partial charge in [-0.05, 0) is 180 Å². The molecular weight excluding hydrogens is 1420 g/mol. The van der Waals surface area contributed by atoms with Gasteiger partial charge in [0.25, 0.3) is 0 Å². The van der Waals surface area contributed by atoms with Gasteiger partial charge in [0.05, 0.1) is 31.6 Å². The molecule has 0 saturated heterocycles. The number of fused-ring (bicyclic) bond motifs is 6. The van der Waals surface area contributed by atoms with Crippen LogP contribution in [0.5, 0.6) is 11.5 Å². The Labute approximate surface area is 690 Å². The fourth-order valence-corrected chi connectivity index (χ4v) is 16.1. The number of hydrogen-bond donors (Lipinski definition) is 0. The summed E-state index contributed by atoms with van der Waals surface area (Å²) in [6, 6.07) is 82.3. The molecular formula is C79H50Li6O17S5. The van der Waals surface area contributed by atoms with Crippen LogP contribution in [-0.4, -0.2) is 72.0 Å². The van der Waals surface area contributed by atoms with E-state index in [1.807, 2.05) is 218 Å². The number of ether oxygens (including phenoxy) is 1. The first kappa shape index (κ1) is 86.8. The number of hydrogen-bond acceptors (Lipinski definition) is 17. The molecule has 0 aliphatic rings. The van der Waals surface area contributed by atoms with Gasteiger partial charge in [-0.2, -0.15) is 0 Å². The van der Waals surface area contributed by atoms with Crippen LogP contribution >= 0.6 is 0 Å². The summed E-state index contributed by atoms with van der Waals surface area (Å²) in [7, 11) is -23.3. The summed E-state index contributed by atoms with van der Waals surface area (Å²) in [6.45, 7) is 0. The first-order valence-electron chi connectivity index (χ1n) is 30.7. The minimum Gasteiger partial charge on any atom is -0.871 e. The summed E-state index contributed by atoms with van der Waals surface area (Å²) in [4.78, 5) is -3.16. The Morgan fingerprint density at radius 3 is 0.738 bits per heavy atom. The Balaban J connectivity index is 0.000000218. The van der Waals surface area contributed by atoms with Gasteiger partial charge in [0.1, 0.15) is 56.3 Å². The maximum Gasteiger partial charge on any atom is 1.00 e. The van der Waals surface area contributed by atoms with E-state index < -0.39 is 71.0 Å². The Hall–Kier alpha value is -7.41. The molecule has 504 valence electrons. The van der Waals surface area contributed by atoms with Crippen LogP contribution in [0.1, 0.15) is 0 Å². The summed E-state index contributed by atoms with van der Waals surface area (Å²) in [5.74, 6) is -1.12. The van der Waals surface area contributed by atoms with Gasteiger partial charge in [-0.25, -0.2) is 42.1 Å². The monoisotopic (exact) mass is 1470 g/mol. The normalized spacial score (nSPS) is 11.4. The SMILES string of the molecule is COc1ccc(-c2c3ccccc3c(-c3ccccc3)c3ccccc23)c([O-])c1S(=O)(=O)[O-].O=S(=O)([O-])c1cc(-c2c3ccccc3c(-c3ccccc3)c3ccccc23)cc(S(=O)(=O)[O-])c1.O=S(=O)([O-])c1ccc2c(-c3ccccc3)c3cc(S(=O)(=O)[O-])ccc3c(-c3ccccc3)c2c1.[Li+].[Li+].[Li+].[Li+].[Li+].[Li+]. The molecule has 15 aromatic rings. The van der Waals surface area contributed by atoms with E-state index in [-0.39, 0.29) is 140 Å². The van der Waals surface area contributed by atoms with E-state index in [4.69, 9.17) is 4.74 Å². The van der Waals surface area contributed by atoms with Crippen LogP contribution in [0.2, 0.25) is 0 Å². The summed E-state index contributed by atoms with van der Waals surface area (Å²) >= 11 is 0. The quantitative estimate of drug-likeness (QED) is 0.0700. The van der Waals surface area contributed by atoms with E-state index in [2.05, 4.69) is 0 Å². The van der Waals surface area contributed by atoms with Gasteiger partial charge in [0.15, 0.2) is 0 Å². The van der Waals surface area contributed by atoms with Gasteiger partial charge >= 0.3 is 113 Å². The van der Waals surface area contributed by atoms with E-state index in [1.165, 1.54) is 43.5 Å². The van der Waals surface area contributed by atoms with Crippen molar-refractivity contribution in [3.63, 3.8) is 0 Å². The molecule has 0 fully saturated rings. The average molecular weight is 1470 g/mol. The Morgan fingerprint density at radius 2 is 0.477 bits per heavy atom. The fourth-order valence-electron chi connectivity index (χ4n) is 13.2.